The number of carbonyl (C=O) groups is 1. The molecule has 8 heteroatoms. The van der Waals surface area contributed by atoms with Gasteiger partial charge in [-0.1, -0.05) is 0 Å². The van der Waals surface area contributed by atoms with Gasteiger partial charge in [0, 0.05) is 11.4 Å². The van der Waals surface area contributed by atoms with Crippen LogP contribution in [0.1, 0.15) is 27.6 Å². The minimum atomic E-state index is -0.247. The zero-order chi connectivity index (χ0) is 18.3. The van der Waals surface area contributed by atoms with E-state index in [1.807, 2.05) is 31.4 Å². The molecule has 0 unspecified atom stereocenters. The van der Waals surface area contributed by atoms with E-state index in [0.717, 1.165) is 11.4 Å². The maximum absolute atomic E-state index is 12.6. The van der Waals surface area contributed by atoms with Crippen molar-refractivity contribution in [2.45, 2.75) is 20.8 Å². The molecule has 4 heterocycles. The predicted octanol–water partition coefficient (Wildman–Crippen LogP) is 4.36. The Kier molecular flexibility index (Phi) is 3.96. The molecule has 1 N–H and O–H groups in total. The molecule has 0 saturated heterocycles. The van der Waals surface area contributed by atoms with Gasteiger partial charge in [-0.05, 0) is 39.0 Å². The summed E-state index contributed by atoms with van der Waals surface area (Å²) < 4.78 is 12.4. The molecule has 0 aliphatic carbocycles. The van der Waals surface area contributed by atoms with Crippen molar-refractivity contribution in [2.75, 3.05) is 5.32 Å². The lowest BCUT2D eigenvalue weighted by atomic mass is 10.2. The molecule has 0 spiro atoms. The lowest BCUT2D eigenvalue weighted by Crippen LogP contribution is -2.15. The summed E-state index contributed by atoms with van der Waals surface area (Å²) in [5.74, 6) is 2.26. The largest absolute Gasteiger partial charge is 0.466 e. The van der Waals surface area contributed by atoms with E-state index in [-0.39, 0.29) is 5.91 Å². The van der Waals surface area contributed by atoms with Crippen molar-refractivity contribution in [3.05, 3.63) is 58.7 Å². The average Bonchev–Trinajstić information content (AvgIpc) is 3.34. The summed E-state index contributed by atoms with van der Waals surface area (Å²) in [5.41, 5.74) is 2.00. The fraction of sp³-hybridized carbons (Fsp3) is 0.167. The van der Waals surface area contributed by atoms with E-state index in [4.69, 9.17) is 8.83 Å². The first-order valence-electron chi connectivity index (χ1n) is 7.96. The second-order valence-corrected chi connectivity index (χ2v) is 6.69. The molecular formula is C18H16N4O3S. The van der Waals surface area contributed by atoms with Crippen LogP contribution in [0.5, 0.6) is 0 Å². The van der Waals surface area contributed by atoms with Crippen molar-refractivity contribution in [3.8, 4) is 16.6 Å². The molecule has 0 fully saturated rings. The van der Waals surface area contributed by atoms with Gasteiger partial charge in [-0.15, -0.1) is 11.3 Å². The maximum Gasteiger partial charge on any atom is 0.260 e. The Morgan fingerprint density at radius 1 is 1.27 bits per heavy atom. The normalized spacial score (nSPS) is 11.0. The van der Waals surface area contributed by atoms with Crippen LogP contribution in [0.4, 0.5) is 5.82 Å². The first-order valence-corrected chi connectivity index (χ1v) is 8.84. The van der Waals surface area contributed by atoms with Gasteiger partial charge in [0.1, 0.15) is 23.0 Å². The van der Waals surface area contributed by atoms with Gasteiger partial charge in [0.05, 0.1) is 17.5 Å². The van der Waals surface area contributed by atoms with Crippen LogP contribution in [0.3, 0.4) is 0 Å². The molecule has 26 heavy (non-hydrogen) atoms. The van der Waals surface area contributed by atoms with Gasteiger partial charge in [0.15, 0.2) is 5.76 Å². The highest BCUT2D eigenvalue weighted by molar-refractivity contribution is 7.12. The van der Waals surface area contributed by atoms with E-state index in [9.17, 15) is 4.79 Å². The van der Waals surface area contributed by atoms with Crippen molar-refractivity contribution in [3.63, 3.8) is 0 Å². The van der Waals surface area contributed by atoms with Crippen LogP contribution in [0.15, 0.2) is 44.7 Å². The number of carbonyl (C=O) groups excluding carboxylic acids is 1. The van der Waals surface area contributed by atoms with Crippen molar-refractivity contribution < 1.29 is 13.6 Å². The number of hydrogen-bond acceptors (Lipinski definition) is 6. The maximum atomic E-state index is 12.6. The molecule has 4 aromatic heterocycles. The Hall–Kier alpha value is -3.13. The Bertz CT molecular complexity index is 1070. The summed E-state index contributed by atoms with van der Waals surface area (Å²) in [7, 11) is 0. The van der Waals surface area contributed by atoms with E-state index in [2.05, 4.69) is 15.4 Å². The second kappa shape index (κ2) is 6.30. The summed E-state index contributed by atoms with van der Waals surface area (Å²) >= 11 is 1.42. The number of rotatable bonds is 4. The van der Waals surface area contributed by atoms with Crippen LogP contribution in [0, 0.1) is 20.8 Å². The highest BCUT2D eigenvalue weighted by atomic mass is 32.1. The number of furan rings is 2. The summed E-state index contributed by atoms with van der Waals surface area (Å²) in [4.78, 5) is 17.1. The first-order chi connectivity index (χ1) is 12.5. The highest BCUT2D eigenvalue weighted by Gasteiger charge is 2.18. The fourth-order valence-electron chi connectivity index (χ4n) is 2.67. The van der Waals surface area contributed by atoms with Crippen LogP contribution >= 0.6 is 11.3 Å². The number of hydrogen-bond donors (Lipinski definition) is 1. The smallest absolute Gasteiger partial charge is 0.260 e. The summed E-state index contributed by atoms with van der Waals surface area (Å²) in [6.07, 6.45) is 1.60. The Labute approximate surface area is 153 Å². The SMILES string of the molecule is Cc1cc(NC(=O)c2cc(C)oc2C)n(-c2nc(-c3ccco3)cs2)n1. The van der Waals surface area contributed by atoms with Gasteiger partial charge < -0.3 is 14.2 Å². The van der Waals surface area contributed by atoms with Gasteiger partial charge in [0.25, 0.3) is 5.91 Å². The molecule has 4 rings (SSSR count). The summed E-state index contributed by atoms with van der Waals surface area (Å²) in [5, 5.41) is 9.86. The van der Waals surface area contributed by atoms with E-state index in [1.165, 1.54) is 11.3 Å². The number of amides is 1. The van der Waals surface area contributed by atoms with Crippen LogP contribution < -0.4 is 5.32 Å². The van der Waals surface area contributed by atoms with Gasteiger partial charge in [-0.3, -0.25) is 4.79 Å². The van der Waals surface area contributed by atoms with Crippen LogP contribution in [0.25, 0.3) is 16.6 Å². The summed E-state index contributed by atoms with van der Waals surface area (Å²) in [6, 6.07) is 7.18. The average molecular weight is 368 g/mol. The Morgan fingerprint density at radius 2 is 2.12 bits per heavy atom. The third kappa shape index (κ3) is 2.95. The molecule has 0 bridgehead atoms. The lowest BCUT2D eigenvalue weighted by molar-refractivity contribution is 0.102. The van der Waals surface area contributed by atoms with Gasteiger partial charge in [-0.2, -0.15) is 9.78 Å². The van der Waals surface area contributed by atoms with Crippen molar-refractivity contribution in [1.29, 1.82) is 0 Å². The monoisotopic (exact) mass is 368 g/mol. The van der Waals surface area contributed by atoms with Gasteiger partial charge in [0.2, 0.25) is 5.13 Å². The number of anilines is 1. The third-order valence-electron chi connectivity index (χ3n) is 3.81. The Morgan fingerprint density at radius 3 is 2.81 bits per heavy atom. The standard InChI is InChI=1S/C18H16N4O3S/c1-10-7-16(20-17(23)13-8-11(2)25-12(13)3)22(21-10)18-19-14(9-26-18)15-5-4-6-24-15/h4-9H,1-3H3,(H,20,23). The molecule has 0 aromatic carbocycles. The number of thiazole rings is 1. The minimum Gasteiger partial charge on any atom is -0.466 e. The van der Waals surface area contributed by atoms with E-state index in [0.29, 0.717) is 33.8 Å². The van der Waals surface area contributed by atoms with Crippen molar-refractivity contribution in [1.82, 2.24) is 14.8 Å². The van der Waals surface area contributed by atoms with Gasteiger partial charge in [-0.25, -0.2) is 4.98 Å². The van der Waals surface area contributed by atoms with Crippen LogP contribution in [-0.2, 0) is 0 Å². The van der Waals surface area contributed by atoms with Crippen LogP contribution in [0.2, 0.25) is 0 Å². The Balaban J connectivity index is 1.65. The topological polar surface area (TPSA) is 86.1 Å². The molecule has 7 nitrogen and oxygen atoms in total. The molecule has 4 aromatic rings. The number of nitrogens with one attached hydrogen (secondary N) is 1. The lowest BCUT2D eigenvalue weighted by Gasteiger charge is -2.05. The first kappa shape index (κ1) is 16.3. The zero-order valence-electron chi connectivity index (χ0n) is 14.4. The summed E-state index contributed by atoms with van der Waals surface area (Å²) in [6.45, 7) is 5.44. The quantitative estimate of drug-likeness (QED) is 0.578. The van der Waals surface area contributed by atoms with E-state index in [1.54, 1.807) is 30.0 Å². The molecular weight excluding hydrogens is 352 g/mol. The van der Waals surface area contributed by atoms with Crippen LogP contribution in [-0.4, -0.2) is 20.7 Å². The minimum absolute atomic E-state index is 0.247. The molecule has 0 atom stereocenters. The number of aromatic nitrogens is 3. The number of nitrogens with zero attached hydrogens (tertiary/aromatic N) is 3. The van der Waals surface area contributed by atoms with E-state index < -0.39 is 0 Å². The van der Waals surface area contributed by atoms with Gasteiger partial charge >= 0.3 is 0 Å². The molecule has 132 valence electrons. The fourth-order valence-corrected chi connectivity index (χ4v) is 3.45. The molecule has 0 radical (unpaired) electrons. The van der Waals surface area contributed by atoms with Crippen molar-refractivity contribution >= 4 is 23.1 Å². The molecule has 0 aliphatic rings. The zero-order valence-corrected chi connectivity index (χ0v) is 15.3. The number of aryl methyl sites for hydroxylation is 3. The molecule has 1 amide bonds. The third-order valence-corrected chi connectivity index (χ3v) is 4.62. The van der Waals surface area contributed by atoms with E-state index >= 15 is 0 Å². The predicted molar refractivity (Wildman–Crippen MR) is 97.8 cm³/mol. The second-order valence-electron chi connectivity index (χ2n) is 5.86. The van der Waals surface area contributed by atoms with Crippen molar-refractivity contribution in [2.24, 2.45) is 0 Å². The molecule has 0 saturated carbocycles. The highest BCUT2D eigenvalue weighted by Crippen LogP contribution is 2.27. The molecule has 0 aliphatic heterocycles.